The molecule has 25 heavy (non-hydrogen) atoms. The Kier molecular flexibility index (Phi) is 4.26. The van der Waals surface area contributed by atoms with E-state index < -0.39 is 0 Å². The predicted octanol–water partition coefficient (Wildman–Crippen LogP) is 2.02. The number of benzene rings is 1. The van der Waals surface area contributed by atoms with Gasteiger partial charge in [-0.05, 0) is 48.9 Å². The number of aromatic nitrogens is 2. The zero-order valence-corrected chi connectivity index (χ0v) is 14.2. The molecule has 1 aromatic heterocycles. The number of nitrogens with zero attached hydrogens (tertiary/aromatic N) is 4. The van der Waals surface area contributed by atoms with Crippen molar-refractivity contribution in [2.45, 2.75) is 25.7 Å². The van der Waals surface area contributed by atoms with Crippen molar-refractivity contribution < 1.29 is 9.90 Å². The van der Waals surface area contributed by atoms with Crippen molar-refractivity contribution in [1.29, 1.82) is 0 Å². The first-order valence-electron chi connectivity index (χ1n) is 8.87. The lowest BCUT2D eigenvalue weighted by Crippen LogP contribution is -2.49. The van der Waals surface area contributed by atoms with Crippen LogP contribution in [-0.4, -0.2) is 52.1 Å². The number of fused-ring (bicyclic) bond motifs is 1. The predicted molar refractivity (Wildman–Crippen MR) is 94.9 cm³/mol. The molecule has 1 aliphatic carbocycles. The van der Waals surface area contributed by atoms with Crippen LogP contribution in [0.2, 0.25) is 0 Å². The van der Waals surface area contributed by atoms with Crippen molar-refractivity contribution in [2.75, 3.05) is 31.1 Å². The van der Waals surface area contributed by atoms with Gasteiger partial charge in [0.1, 0.15) is 11.6 Å². The van der Waals surface area contributed by atoms with Crippen LogP contribution in [0, 0.1) is 0 Å². The SMILES string of the molecule is O=C(c1cc2c(cc1O)CCCC2)N1CCN(c2cnccn2)CC1. The molecule has 0 atom stereocenters. The lowest BCUT2D eigenvalue weighted by Gasteiger charge is -2.35. The molecule has 6 nitrogen and oxygen atoms in total. The first-order valence-corrected chi connectivity index (χ1v) is 8.87. The summed E-state index contributed by atoms with van der Waals surface area (Å²) in [7, 11) is 0. The molecule has 0 unspecified atom stereocenters. The molecular weight excluding hydrogens is 316 g/mol. The number of phenolic OH excluding ortho intramolecular Hbond substituents is 1. The molecule has 2 aromatic rings. The Balaban J connectivity index is 1.47. The third kappa shape index (κ3) is 3.16. The second-order valence-electron chi connectivity index (χ2n) is 6.69. The molecule has 1 aliphatic heterocycles. The number of amides is 1. The molecule has 0 saturated carbocycles. The van der Waals surface area contributed by atoms with Crippen molar-refractivity contribution >= 4 is 11.7 Å². The van der Waals surface area contributed by atoms with Crippen LogP contribution in [0.3, 0.4) is 0 Å². The quantitative estimate of drug-likeness (QED) is 0.907. The first-order chi connectivity index (χ1) is 12.2. The summed E-state index contributed by atoms with van der Waals surface area (Å²) in [4.78, 5) is 25.2. The van der Waals surface area contributed by atoms with Crippen LogP contribution in [0.15, 0.2) is 30.7 Å². The van der Waals surface area contributed by atoms with E-state index in [-0.39, 0.29) is 11.7 Å². The van der Waals surface area contributed by atoms with Crippen LogP contribution in [0.5, 0.6) is 5.75 Å². The van der Waals surface area contributed by atoms with Gasteiger partial charge >= 0.3 is 0 Å². The molecule has 130 valence electrons. The van der Waals surface area contributed by atoms with Gasteiger partial charge in [-0.15, -0.1) is 0 Å². The van der Waals surface area contributed by atoms with Crippen LogP contribution < -0.4 is 4.90 Å². The Hall–Kier alpha value is -2.63. The maximum atomic E-state index is 12.9. The van der Waals surface area contributed by atoms with Gasteiger partial charge in [0.25, 0.3) is 5.91 Å². The van der Waals surface area contributed by atoms with Crippen molar-refractivity contribution in [3.05, 3.63) is 47.4 Å². The average Bonchev–Trinajstić information content (AvgIpc) is 2.68. The summed E-state index contributed by atoms with van der Waals surface area (Å²) in [5, 5.41) is 10.3. The number of carbonyl (C=O) groups is 1. The third-order valence-electron chi connectivity index (χ3n) is 5.13. The summed E-state index contributed by atoms with van der Waals surface area (Å²) >= 11 is 0. The van der Waals surface area contributed by atoms with Gasteiger partial charge in [0.05, 0.1) is 11.8 Å². The molecule has 1 amide bonds. The fraction of sp³-hybridized carbons (Fsp3) is 0.421. The number of phenols is 1. The highest BCUT2D eigenvalue weighted by molar-refractivity contribution is 5.97. The summed E-state index contributed by atoms with van der Waals surface area (Å²) in [6, 6.07) is 3.69. The summed E-state index contributed by atoms with van der Waals surface area (Å²) in [6.07, 6.45) is 9.38. The number of hydrogen-bond acceptors (Lipinski definition) is 5. The van der Waals surface area contributed by atoms with Gasteiger partial charge in [-0.25, -0.2) is 4.98 Å². The number of aromatic hydroxyl groups is 1. The van der Waals surface area contributed by atoms with E-state index in [1.807, 2.05) is 11.0 Å². The second-order valence-corrected chi connectivity index (χ2v) is 6.69. The van der Waals surface area contributed by atoms with E-state index in [2.05, 4.69) is 14.9 Å². The highest BCUT2D eigenvalue weighted by Crippen LogP contribution is 2.29. The van der Waals surface area contributed by atoms with Crippen molar-refractivity contribution in [3.8, 4) is 5.75 Å². The molecular formula is C19H22N4O2. The van der Waals surface area contributed by atoms with Gasteiger partial charge in [0.15, 0.2) is 0 Å². The number of anilines is 1. The number of aryl methyl sites for hydroxylation is 2. The van der Waals surface area contributed by atoms with Crippen molar-refractivity contribution in [3.63, 3.8) is 0 Å². The van der Waals surface area contributed by atoms with E-state index in [1.165, 1.54) is 11.1 Å². The maximum absolute atomic E-state index is 12.9. The fourth-order valence-electron chi connectivity index (χ4n) is 3.71. The lowest BCUT2D eigenvalue weighted by molar-refractivity contribution is 0.0743. The van der Waals surface area contributed by atoms with E-state index in [9.17, 15) is 9.90 Å². The van der Waals surface area contributed by atoms with Gasteiger partial charge in [-0.3, -0.25) is 9.78 Å². The number of hydrogen-bond donors (Lipinski definition) is 1. The van der Waals surface area contributed by atoms with Gasteiger partial charge < -0.3 is 14.9 Å². The third-order valence-corrected chi connectivity index (χ3v) is 5.13. The van der Waals surface area contributed by atoms with Crippen molar-refractivity contribution in [1.82, 2.24) is 14.9 Å². The topological polar surface area (TPSA) is 69.6 Å². The fourth-order valence-corrected chi connectivity index (χ4v) is 3.71. The normalized spacial score (nSPS) is 17.3. The van der Waals surface area contributed by atoms with E-state index in [0.29, 0.717) is 18.7 Å². The Morgan fingerprint density at radius 3 is 2.40 bits per heavy atom. The molecule has 0 radical (unpaired) electrons. The summed E-state index contributed by atoms with van der Waals surface area (Å²) in [5.41, 5.74) is 2.84. The second kappa shape index (κ2) is 6.70. The summed E-state index contributed by atoms with van der Waals surface area (Å²) in [6.45, 7) is 2.67. The summed E-state index contributed by atoms with van der Waals surface area (Å²) < 4.78 is 0. The number of carbonyl (C=O) groups excluding carboxylic acids is 1. The molecule has 2 heterocycles. The molecule has 6 heteroatoms. The van der Waals surface area contributed by atoms with Gasteiger partial charge in [0, 0.05) is 38.6 Å². The van der Waals surface area contributed by atoms with E-state index in [1.54, 1.807) is 24.7 Å². The minimum Gasteiger partial charge on any atom is -0.507 e. The molecule has 1 fully saturated rings. The first kappa shape index (κ1) is 15.9. The van der Waals surface area contributed by atoms with Crippen LogP contribution >= 0.6 is 0 Å². The number of piperazine rings is 1. The maximum Gasteiger partial charge on any atom is 0.257 e. The van der Waals surface area contributed by atoms with Gasteiger partial charge in [-0.2, -0.15) is 0 Å². The highest BCUT2D eigenvalue weighted by atomic mass is 16.3. The molecule has 1 saturated heterocycles. The Bertz CT molecular complexity index is 770. The molecule has 1 aromatic carbocycles. The van der Waals surface area contributed by atoms with E-state index in [4.69, 9.17) is 0 Å². The standard InChI is InChI=1S/C19H22N4O2/c24-17-12-15-4-2-1-3-14(15)11-16(17)19(25)23-9-7-22(8-10-23)18-13-20-5-6-21-18/h5-6,11-13,24H,1-4,7-10H2. The molecule has 4 rings (SSSR count). The monoisotopic (exact) mass is 338 g/mol. The van der Waals surface area contributed by atoms with Gasteiger partial charge in [-0.1, -0.05) is 0 Å². The molecule has 0 bridgehead atoms. The molecule has 2 aliphatic rings. The van der Waals surface area contributed by atoms with Crippen LogP contribution in [0.4, 0.5) is 5.82 Å². The highest BCUT2D eigenvalue weighted by Gasteiger charge is 2.26. The largest absolute Gasteiger partial charge is 0.507 e. The van der Waals surface area contributed by atoms with Crippen LogP contribution in [0.25, 0.3) is 0 Å². The van der Waals surface area contributed by atoms with E-state index >= 15 is 0 Å². The number of rotatable bonds is 2. The summed E-state index contributed by atoms with van der Waals surface area (Å²) in [5.74, 6) is 0.873. The Morgan fingerprint density at radius 1 is 1.00 bits per heavy atom. The van der Waals surface area contributed by atoms with Crippen molar-refractivity contribution in [2.24, 2.45) is 0 Å². The smallest absolute Gasteiger partial charge is 0.257 e. The molecule has 1 N–H and O–H groups in total. The van der Waals surface area contributed by atoms with Gasteiger partial charge in [0.2, 0.25) is 0 Å². The Morgan fingerprint density at radius 2 is 1.72 bits per heavy atom. The average molecular weight is 338 g/mol. The lowest BCUT2D eigenvalue weighted by atomic mass is 9.89. The molecule has 0 spiro atoms. The van der Waals surface area contributed by atoms with Crippen LogP contribution in [0.1, 0.15) is 34.3 Å². The zero-order valence-electron chi connectivity index (χ0n) is 14.2. The van der Waals surface area contributed by atoms with E-state index in [0.717, 1.165) is 44.6 Å². The minimum atomic E-state index is -0.0790. The Labute approximate surface area is 147 Å². The minimum absolute atomic E-state index is 0.0790. The van der Waals surface area contributed by atoms with Crippen LogP contribution in [-0.2, 0) is 12.8 Å². The zero-order chi connectivity index (χ0) is 17.2.